The molecular weight excluding hydrogens is 397 g/mol. The maximum atomic E-state index is 13.5. The van der Waals surface area contributed by atoms with Gasteiger partial charge in [0.25, 0.3) is 0 Å². The Labute approximate surface area is 159 Å². The molecule has 146 valence electrons. The van der Waals surface area contributed by atoms with Gasteiger partial charge in [-0.1, -0.05) is 23.9 Å². The van der Waals surface area contributed by atoms with Crippen molar-refractivity contribution in [1.29, 1.82) is 0 Å². The minimum Gasteiger partial charge on any atom is -0.482 e. The molecule has 1 atom stereocenters. The number of ether oxygens (including phenoxy) is 1. The standard InChI is InChI=1S/C15H18FN5O4S2/c16-11-3-1-2-4-12(11)25-7-13-19-20-15(21(13)17)26-8-14(22)18-10-5-6-27(23,24)9-10/h1-4,10H,5-9,17H2,(H,18,22)/t10-/m0/s1. The first-order chi connectivity index (χ1) is 12.8. The Hall–Kier alpha value is -2.34. The van der Waals surface area contributed by atoms with Gasteiger partial charge in [-0.3, -0.25) is 4.79 Å². The highest BCUT2D eigenvalue weighted by atomic mass is 32.2. The molecule has 3 N–H and O–H groups in total. The van der Waals surface area contributed by atoms with E-state index in [2.05, 4.69) is 15.5 Å². The highest BCUT2D eigenvalue weighted by Gasteiger charge is 2.28. The van der Waals surface area contributed by atoms with Crippen LogP contribution in [0.15, 0.2) is 29.4 Å². The highest BCUT2D eigenvalue weighted by Crippen LogP contribution is 2.19. The number of aromatic nitrogens is 3. The summed E-state index contributed by atoms with van der Waals surface area (Å²) in [6.07, 6.45) is 0.420. The Morgan fingerprint density at radius 2 is 2.19 bits per heavy atom. The zero-order chi connectivity index (χ0) is 19.4. The number of sulfone groups is 1. The summed E-state index contributed by atoms with van der Waals surface area (Å²) in [5.41, 5.74) is 0. The fourth-order valence-corrected chi connectivity index (χ4v) is 4.88. The second-order valence-electron chi connectivity index (χ2n) is 5.94. The van der Waals surface area contributed by atoms with Crippen LogP contribution >= 0.6 is 11.8 Å². The fraction of sp³-hybridized carbons (Fsp3) is 0.400. The lowest BCUT2D eigenvalue weighted by atomic mass is 10.3. The van der Waals surface area contributed by atoms with Gasteiger partial charge >= 0.3 is 0 Å². The van der Waals surface area contributed by atoms with E-state index in [9.17, 15) is 17.6 Å². The molecule has 1 amide bonds. The molecule has 0 radical (unpaired) electrons. The van der Waals surface area contributed by atoms with E-state index >= 15 is 0 Å². The van der Waals surface area contributed by atoms with Crippen LogP contribution in [0.3, 0.4) is 0 Å². The van der Waals surface area contributed by atoms with Gasteiger partial charge in [0.2, 0.25) is 11.1 Å². The minimum atomic E-state index is -3.05. The van der Waals surface area contributed by atoms with Crippen molar-refractivity contribution in [2.24, 2.45) is 0 Å². The molecule has 2 aromatic rings. The van der Waals surface area contributed by atoms with Crippen LogP contribution in [0.25, 0.3) is 0 Å². The van der Waals surface area contributed by atoms with Crippen LogP contribution in [0.5, 0.6) is 5.75 Å². The monoisotopic (exact) mass is 415 g/mol. The molecule has 27 heavy (non-hydrogen) atoms. The van der Waals surface area contributed by atoms with Crippen molar-refractivity contribution in [3.05, 3.63) is 35.9 Å². The van der Waals surface area contributed by atoms with E-state index in [1.807, 2.05) is 0 Å². The predicted molar refractivity (Wildman–Crippen MR) is 96.8 cm³/mol. The molecule has 1 aromatic heterocycles. The number of amides is 1. The quantitative estimate of drug-likeness (QED) is 0.481. The second-order valence-corrected chi connectivity index (χ2v) is 9.12. The summed E-state index contributed by atoms with van der Waals surface area (Å²) in [5, 5.41) is 10.7. The Morgan fingerprint density at radius 3 is 2.89 bits per heavy atom. The number of carbonyl (C=O) groups is 1. The van der Waals surface area contributed by atoms with Gasteiger partial charge in [0.05, 0.1) is 17.3 Å². The van der Waals surface area contributed by atoms with Crippen molar-refractivity contribution in [2.75, 3.05) is 23.1 Å². The van der Waals surface area contributed by atoms with Crippen molar-refractivity contribution in [2.45, 2.75) is 24.2 Å². The molecule has 9 nitrogen and oxygen atoms in total. The number of halogens is 1. The van der Waals surface area contributed by atoms with E-state index in [1.165, 1.54) is 16.8 Å². The van der Waals surface area contributed by atoms with E-state index in [0.717, 1.165) is 11.8 Å². The first kappa shape index (κ1) is 19.4. The fourth-order valence-electron chi connectivity index (χ4n) is 2.52. The molecule has 2 heterocycles. The number of hydrogen-bond acceptors (Lipinski definition) is 8. The third-order valence-electron chi connectivity index (χ3n) is 3.86. The van der Waals surface area contributed by atoms with Gasteiger partial charge in [0, 0.05) is 6.04 Å². The molecule has 0 aliphatic carbocycles. The van der Waals surface area contributed by atoms with E-state index in [0.29, 0.717) is 6.42 Å². The Balaban J connectivity index is 1.50. The minimum absolute atomic E-state index is 0.0139. The Kier molecular flexibility index (Phi) is 5.85. The van der Waals surface area contributed by atoms with Crippen LogP contribution in [-0.2, 0) is 21.2 Å². The van der Waals surface area contributed by atoms with Crippen molar-refractivity contribution < 1.29 is 22.3 Å². The maximum absolute atomic E-state index is 13.5. The topological polar surface area (TPSA) is 129 Å². The number of thioether (sulfide) groups is 1. The van der Waals surface area contributed by atoms with E-state index in [4.69, 9.17) is 10.6 Å². The lowest BCUT2D eigenvalue weighted by molar-refractivity contribution is -0.119. The first-order valence-electron chi connectivity index (χ1n) is 8.03. The number of benzene rings is 1. The Bertz CT molecular complexity index is 934. The summed E-state index contributed by atoms with van der Waals surface area (Å²) in [5.74, 6) is 5.47. The molecule has 0 spiro atoms. The van der Waals surface area contributed by atoms with Crippen LogP contribution < -0.4 is 15.9 Å². The number of nitrogens with one attached hydrogen (secondary N) is 1. The van der Waals surface area contributed by atoms with Gasteiger partial charge < -0.3 is 15.9 Å². The van der Waals surface area contributed by atoms with Crippen molar-refractivity contribution in [1.82, 2.24) is 20.2 Å². The van der Waals surface area contributed by atoms with Gasteiger partial charge in [0.15, 0.2) is 27.2 Å². The molecule has 1 saturated heterocycles. The summed E-state index contributed by atoms with van der Waals surface area (Å²) in [6.45, 7) is -0.0862. The van der Waals surface area contributed by atoms with Crippen molar-refractivity contribution in [3.8, 4) is 5.75 Å². The van der Waals surface area contributed by atoms with E-state index < -0.39 is 15.7 Å². The molecular formula is C15H18FN5O4S2. The van der Waals surface area contributed by atoms with Gasteiger partial charge in [-0.25, -0.2) is 17.5 Å². The van der Waals surface area contributed by atoms with E-state index in [1.54, 1.807) is 12.1 Å². The lowest BCUT2D eigenvalue weighted by Gasteiger charge is -2.10. The SMILES string of the molecule is Nn1c(COc2ccccc2F)nnc1SCC(=O)N[C@H]1CCS(=O)(=O)C1. The number of nitrogens with zero attached hydrogens (tertiary/aromatic N) is 3. The average molecular weight is 415 g/mol. The number of nitrogens with two attached hydrogens (primary N) is 1. The van der Waals surface area contributed by atoms with Crippen LogP contribution in [0, 0.1) is 5.82 Å². The zero-order valence-electron chi connectivity index (χ0n) is 14.2. The predicted octanol–water partition coefficient (Wildman–Crippen LogP) is 0.105. The average Bonchev–Trinajstić information content (AvgIpc) is 3.14. The largest absolute Gasteiger partial charge is 0.482 e. The smallest absolute Gasteiger partial charge is 0.230 e. The normalized spacial score (nSPS) is 18.3. The molecule has 3 rings (SSSR count). The number of para-hydroxylation sites is 1. The van der Waals surface area contributed by atoms with Crippen molar-refractivity contribution in [3.63, 3.8) is 0 Å². The number of carbonyl (C=O) groups excluding carboxylic acids is 1. The van der Waals surface area contributed by atoms with Gasteiger partial charge in [0.1, 0.15) is 6.61 Å². The summed E-state index contributed by atoms with van der Waals surface area (Å²) in [7, 11) is -3.05. The summed E-state index contributed by atoms with van der Waals surface area (Å²) in [4.78, 5) is 12.0. The van der Waals surface area contributed by atoms with Crippen molar-refractivity contribution >= 4 is 27.5 Å². The third-order valence-corrected chi connectivity index (χ3v) is 6.57. The summed E-state index contributed by atoms with van der Waals surface area (Å²) in [6, 6.07) is 5.59. The highest BCUT2D eigenvalue weighted by molar-refractivity contribution is 7.99. The first-order valence-corrected chi connectivity index (χ1v) is 10.8. The molecule has 0 unspecified atom stereocenters. The van der Waals surface area contributed by atoms with Gasteiger partial charge in [-0.15, -0.1) is 10.2 Å². The molecule has 1 aliphatic heterocycles. The molecule has 0 saturated carbocycles. The zero-order valence-corrected chi connectivity index (χ0v) is 15.8. The molecule has 0 bridgehead atoms. The lowest BCUT2D eigenvalue weighted by Crippen LogP contribution is -2.36. The molecule has 1 aliphatic rings. The third kappa shape index (κ3) is 5.10. The summed E-state index contributed by atoms with van der Waals surface area (Å²) < 4.78 is 42.8. The number of rotatable bonds is 7. The number of hydrogen-bond donors (Lipinski definition) is 2. The van der Waals surface area contributed by atoms with Gasteiger partial charge in [-0.05, 0) is 18.6 Å². The second kappa shape index (κ2) is 8.13. The van der Waals surface area contributed by atoms with Crippen LogP contribution in [0.4, 0.5) is 4.39 Å². The van der Waals surface area contributed by atoms with E-state index in [-0.39, 0.29) is 52.5 Å². The Morgan fingerprint density at radius 1 is 1.41 bits per heavy atom. The molecule has 1 fully saturated rings. The van der Waals surface area contributed by atoms with Crippen LogP contribution in [0.1, 0.15) is 12.2 Å². The summed E-state index contributed by atoms with van der Waals surface area (Å²) >= 11 is 1.06. The van der Waals surface area contributed by atoms with Crippen LogP contribution in [0.2, 0.25) is 0 Å². The van der Waals surface area contributed by atoms with Gasteiger partial charge in [-0.2, -0.15) is 0 Å². The molecule has 1 aromatic carbocycles. The number of nitrogen functional groups attached to an aromatic ring is 1. The maximum Gasteiger partial charge on any atom is 0.230 e. The van der Waals surface area contributed by atoms with Crippen LogP contribution in [-0.4, -0.2) is 52.5 Å². The molecule has 12 heteroatoms.